The molecule has 0 fully saturated rings. The average molecular weight is 438 g/mol. The van der Waals surface area contributed by atoms with Gasteiger partial charge >= 0.3 is 0 Å². The van der Waals surface area contributed by atoms with Gasteiger partial charge in [0.2, 0.25) is 5.91 Å². The number of para-hydroxylation sites is 1. The molecule has 138 valence electrons. The second-order valence-electron chi connectivity index (χ2n) is 5.68. The van der Waals surface area contributed by atoms with E-state index < -0.39 is 5.25 Å². The van der Waals surface area contributed by atoms with Crippen LogP contribution >= 0.6 is 46.6 Å². The highest BCUT2D eigenvalue weighted by Crippen LogP contribution is 2.40. The molecule has 0 saturated heterocycles. The smallest absolute Gasteiger partial charge is 0.242 e. The van der Waals surface area contributed by atoms with Gasteiger partial charge in [-0.15, -0.1) is 11.8 Å². The zero-order valence-corrected chi connectivity index (χ0v) is 17.0. The van der Waals surface area contributed by atoms with Crippen molar-refractivity contribution >= 4 is 63.8 Å². The van der Waals surface area contributed by atoms with Crippen LogP contribution in [0.25, 0.3) is 0 Å². The lowest BCUT2D eigenvalue weighted by atomic mass is 10.1. The van der Waals surface area contributed by atoms with E-state index in [4.69, 9.17) is 40.5 Å². The number of nitrogen functional groups attached to an aromatic ring is 1. The topological polar surface area (TPSA) is 55.1 Å². The normalized spacial score (nSPS) is 11.8. The Morgan fingerprint density at radius 3 is 2.22 bits per heavy atom. The van der Waals surface area contributed by atoms with E-state index in [2.05, 4.69) is 5.32 Å². The van der Waals surface area contributed by atoms with Gasteiger partial charge in [0, 0.05) is 10.6 Å². The number of carbonyl (C=O) groups is 1. The maximum atomic E-state index is 13.1. The molecule has 0 aliphatic rings. The van der Waals surface area contributed by atoms with Gasteiger partial charge in [-0.05, 0) is 29.8 Å². The summed E-state index contributed by atoms with van der Waals surface area (Å²) in [7, 11) is 0. The molecule has 3 nitrogen and oxygen atoms in total. The van der Waals surface area contributed by atoms with E-state index in [1.807, 2.05) is 48.5 Å². The molecule has 0 heterocycles. The number of anilines is 2. The van der Waals surface area contributed by atoms with Crippen molar-refractivity contribution in [3.63, 3.8) is 0 Å². The fraction of sp³-hybridized carbons (Fsp3) is 0.0500. The Hall–Kier alpha value is -1.85. The fourth-order valence-corrected chi connectivity index (χ4v) is 4.10. The highest BCUT2D eigenvalue weighted by molar-refractivity contribution is 8.00. The monoisotopic (exact) mass is 436 g/mol. The van der Waals surface area contributed by atoms with Crippen molar-refractivity contribution in [1.82, 2.24) is 0 Å². The molecule has 3 N–H and O–H groups in total. The standard InChI is InChI=1S/C20H15Cl3N2OS/c21-13-10-15(23)17(11-14(13)22)25-20(26)19(12-6-2-1-3-7-12)27-18-9-5-4-8-16(18)24/h1-11,19H,24H2,(H,25,26)/t19-/m1/s1. The largest absolute Gasteiger partial charge is 0.398 e. The zero-order valence-electron chi connectivity index (χ0n) is 14.0. The molecule has 0 aliphatic carbocycles. The second kappa shape index (κ2) is 8.89. The van der Waals surface area contributed by atoms with E-state index in [-0.39, 0.29) is 5.91 Å². The Balaban J connectivity index is 1.92. The molecule has 3 rings (SSSR count). The lowest BCUT2D eigenvalue weighted by Crippen LogP contribution is -2.19. The third kappa shape index (κ3) is 4.90. The van der Waals surface area contributed by atoms with E-state index in [1.54, 1.807) is 6.07 Å². The molecule has 7 heteroatoms. The van der Waals surface area contributed by atoms with Crippen molar-refractivity contribution in [2.24, 2.45) is 0 Å². The Morgan fingerprint density at radius 2 is 1.52 bits per heavy atom. The van der Waals surface area contributed by atoms with Gasteiger partial charge in [-0.1, -0.05) is 77.3 Å². The van der Waals surface area contributed by atoms with Crippen LogP contribution in [0.15, 0.2) is 71.6 Å². The molecule has 0 aliphatic heterocycles. The third-order valence-electron chi connectivity index (χ3n) is 3.77. The van der Waals surface area contributed by atoms with Crippen molar-refractivity contribution < 1.29 is 4.79 Å². The number of rotatable bonds is 5. The van der Waals surface area contributed by atoms with E-state index in [0.717, 1.165) is 10.5 Å². The van der Waals surface area contributed by atoms with Gasteiger partial charge in [0.1, 0.15) is 5.25 Å². The van der Waals surface area contributed by atoms with Crippen molar-refractivity contribution in [3.8, 4) is 0 Å². The number of carbonyl (C=O) groups excluding carboxylic acids is 1. The summed E-state index contributed by atoms with van der Waals surface area (Å²) < 4.78 is 0. The highest BCUT2D eigenvalue weighted by Gasteiger charge is 2.24. The summed E-state index contributed by atoms with van der Waals surface area (Å²) in [4.78, 5) is 13.9. The summed E-state index contributed by atoms with van der Waals surface area (Å²) in [5.74, 6) is -0.241. The predicted molar refractivity (Wildman–Crippen MR) is 116 cm³/mol. The predicted octanol–water partition coefficient (Wildman–Crippen LogP) is 6.70. The van der Waals surface area contributed by atoms with Gasteiger partial charge in [-0.3, -0.25) is 4.79 Å². The van der Waals surface area contributed by atoms with Crippen LogP contribution in [0.2, 0.25) is 15.1 Å². The van der Waals surface area contributed by atoms with Crippen LogP contribution in [0.5, 0.6) is 0 Å². The van der Waals surface area contributed by atoms with Gasteiger partial charge in [0.25, 0.3) is 0 Å². The molecule has 0 aromatic heterocycles. The van der Waals surface area contributed by atoms with Crippen LogP contribution in [0.4, 0.5) is 11.4 Å². The zero-order chi connectivity index (χ0) is 19.4. The van der Waals surface area contributed by atoms with E-state index in [9.17, 15) is 4.79 Å². The van der Waals surface area contributed by atoms with Crippen LogP contribution in [-0.4, -0.2) is 5.91 Å². The number of benzene rings is 3. The Morgan fingerprint density at radius 1 is 0.889 bits per heavy atom. The lowest BCUT2D eigenvalue weighted by molar-refractivity contribution is -0.115. The Kier molecular flexibility index (Phi) is 6.55. The molecule has 1 atom stereocenters. The minimum absolute atomic E-state index is 0.241. The molecule has 1 amide bonds. The fourth-order valence-electron chi connectivity index (χ4n) is 2.43. The van der Waals surface area contributed by atoms with Crippen LogP contribution in [0, 0.1) is 0 Å². The first-order valence-corrected chi connectivity index (χ1v) is 9.98. The van der Waals surface area contributed by atoms with Crippen molar-refractivity contribution in [3.05, 3.63) is 87.4 Å². The number of nitrogens with two attached hydrogens (primary N) is 1. The molecule has 27 heavy (non-hydrogen) atoms. The number of nitrogens with one attached hydrogen (secondary N) is 1. The number of thioether (sulfide) groups is 1. The summed E-state index contributed by atoms with van der Waals surface area (Å²) >= 11 is 19.6. The second-order valence-corrected chi connectivity index (χ2v) is 8.05. The summed E-state index contributed by atoms with van der Waals surface area (Å²) in [6.07, 6.45) is 0. The SMILES string of the molecule is Nc1ccccc1S[C@@H](C(=O)Nc1cc(Cl)c(Cl)cc1Cl)c1ccccc1. The average Bonchev–Trinajstić information content (AvgIpc) is 2.66. The summed E-state index contributed by atoms with van der Waals surface area (Å²) in [6, 6.07) is 19.9. The molecule has 3 aromatic rings. The van der Waals surface area contributed by atoms with Crippen LogP contribution in [0.1, 0.15) is 10.8 Å². The molecule has 3 aromatic carbocycles. The van der Waals surface area contributed by atoms with Crippen LogP contribution < -0.4 is 11.1 Å². The Bertz CT molecular complexity index is 967. The highest BCUT2D eigenvalue weighted by atomic mass is 35.5. The Labute approximate surface area is 176 Å². The molecule has 0 unspecified atom stereocenters. The quantitative estimate of drug-likeness (QED) is 0.265. The molecular weight excluding hydrogens is 423 g/mol. The van der Waals surface area contributed by atoms with E-state index in [1.165, 1.54) is 23.9 Å². The first-order valence-electron chi connectivity index (χ1n) is 7.97. The first kappa shape index (κ1) is 19.9. The van der Waals surface area contributed by atoms with Gasteiger partial charge in [-0.2, -0.15) is 0 Å². The summed E-state index contributed by atoms with van der Waals surface area (Å²) in [5, 5.41) is 3.27. The van der Waals surface area contributed by atoms with Crippen molar-refractivity contribution in [2.45, 2.75) is 10.1 Å². The van der Waals surface area contributed by atoms with Crippen molar-refractivity contribution in [2.75, 3.05) is 11.1 Å². The molecule has 0 spiro atoms. The summed E-state index contributed by atoms with van der Waals surface area (Å²) in [5.41, 5.74) is 7.92. The van der Waals surface area contributed by atoms with Crippen LogP contribution in [0.3, 0.4) is 0 Å². The molecular formula is C20H15Cl3N2OS. The lowest BCUT2D eigenvalue weighted by Gasteiger charge is -2.18. The molecule has 0 radical (unpaired) electrons. The third-order valence-corrected chi connectivity index (χ3v) is 6.15. The number of hydrogen-bond donors (Lipinski definition) is 2. The number of hydrogen-bond acceptors (Lipinski definition) is 3. The maximum absolute atomic E-state index is 13.1. The number of amides is 1. The first-order chi connectivity index (χ1) is 13.0. The summed E-state index contributed by atoms with van der Waals surface area (Å²) in [6.45, 7) is 0. The van der Waals surface area contributed by atoms with Gasteiger partial charge in [0.05, 0.1) is 20.8 Å². The van der Waals surface area contributed by atoms with E-state index >= 15 is 0 Å². The van der Waals surface area contributed by atoms with Gasteiger partial charge in [0.15, 0.2) is 0 Å². The van der Waals surface area contributed by atoms with E-state index in [0.29, 0.717) is 26.4 Å². The van der Waals surface area contributed by atoms with Gasteiger partial charge < -0.3 is 11.1 Å². The molecule has 0 saturated carbocycles. The minimum Gasteiger partial charge on any atom is -0.398 e. The van der Waals surface area contributed by atoms with Gasteiger partial charge in [-0.25, -0.2) is 0 Å². The number of halogens is 3. The van der Waals surface area contributed by atoms with Crippen LogP contribution in [-0.2, 0) is 4.79 Å². The maximum Gasteiger partial charge on any atom is 0.242 e. The minimum atomic E-state index is -0.526. The van der Waals surface area contributed by atoms with Crippen molar-refractivity contribution in [1.29, 1.82) is 0 Å². The molecule has 0 bridgehead atoms.